The van der Waals surface area contributed by atoms with E-state index in [1.165, 1.54) is 44.5 Å². The number of likely N-dealkylation sites (N-methyl/N-ethyl adjacent to an activating group) is 1. The van der Waals surface area contributed by atoms with Gasteiger partial charge in [0.15, 0.2) is 11.6 Å². The Hall–Kier alpha value is -1.00. The highest BCUT2D eigenvalue weighted by Gasteiger charge is 2.10. The summed E-state index contributed by atoms with van der Waals surface area (Å²) in [5.74, 6) is -1.52. The normalized spacial score (nSPS) is 16.8. The Morgan fingerprint density at radius 1 is 1.05 bits per heavy atom. The van der Waals surface area contributed by atoms with Crippen LogP contribution in [0.4, 0.5) is 8.78 Å². The van der Waals surface area contributed by atoms with Crippen molar-refractivity contribution in [3.8, 4) is 0 Å². The summed E-state index contributed by atoms with van der Waals surface area (Å²) in [5, 5.41) is 0. The second kappa shape index (κ2) is 7.70. The van der Waals surface area contributed by atoms with Gasteiger partial charge in [-0.1, -0.05) is 12.5 Å². The van der Waals surface area contributed by atoms with Gasteiger partial charge < -0.3 is 9.80 Å². The standard InChI is InChI=1S/C16H24F2N2/c1-19(11-12-20-8-3-2-4-9-20)10-7-14-5-6-15(17)16(18)13-14/h5-6,13H,2-4,7-12H2,1H3. The Kier molecular flexibility index (Phi) is 5.92. The predicted octanol–water partition coefficient (Wildman–Crippen LogP) is 2.93. The molecule has 4 heteroatoms. The highest BCUT2D eigenvalue weighted by atomic mass is 19.2. The van der Waals surface area contributed by atoms with Crippen LogP contribution in [0.5, 0.6) is 0 Å². The fourth-order valence-electron chi connectivity index (χ4n) is 2.62. The Bertz CT molecular complexity index is 417. The molecule has 2 nitrogen and oxygen atoms in total. The first kappa shape index (κ1) is 15.4. The Labute approximate surface area is 120 Å². The highest BCUT2D eigenvalue weighted by Crippen LogP contribution is 2.10. The number of benzene rings is 1. The van der Waals surface area contributed by atoms with Gasteiger partial charge in [-0.25, -0.2) is 8.78 Å². The Balaban J connectivity index is 1.68. The zero-order chi connectivity index (χ0) is 14.4. The molecule has 0 aromatic heterocycles. The molecule has 0 atom stereocenters. The molecular formula is C16H24F2N2. The summed E-state index contributed by atoms with van der Waals surface area (Å²) in [6.07, 6.45) is 4.76. The molecule has 0 aliphatic carbocycles. The van der Waals surface area contributed by atoms with Gasteiger partial charge in [-0.2, -0.15) is 0 Å². The van der Waals surface area contributed by atoms with E-state index in [1.54, 1.807) is 6.07 Å². The van der Waals surface area contributed by atoms with E-state index in [0.717, 1.165) is 31.6 Å². The van der Waals surface area contributed by atoms with Crippen LogP contribution in [0.25, 0.3) is 0 Å². The molecule has 0 spiro atoms. The number of nitrogens with zero attached hydrogens (tertiary/aromatic N) is 2. The minimum atomic E-state index is -0.771. The number of hydrogen-bond donors (Lipinski definition) is 0. The van der Waals surface area contributed by atoms with Crippen LogP contribution in [0.1, 0.15) is 24.8 Å². The SMILES string of the molecule is CN(CCc1ccc(F)c(F)c1)CCN1CCCCC1. The van der Waals surface area contributed by atoms with Gasteiger partial charge in [0.05, 0.1) is 0 Å². The molecule has 0 unspecified atom stereocenters. The van der Waals surface area contributed by atoms with E-state index >= 15 is 0 Å². The van der Waals surface area contributed by atoms with Crippen molar-refractivity contribution in [3.05, 3.63) is 35.4 Å². The van der Waals surface area contributed by atoms with Crippen LogP contribution in [-0.4, -0.2) is 49.6 Å². The smallest absolute Gasteiger partial charge is 0.159 e. The average molecular weight is 282 g/mol. The van der Waals surface area contributed by atoms with Crippen LogP contribution in [0.3, 0.4) is 0 Å². The van der Waals surface area contributed by atoms with Crippen LogP contribution in [-0.2, 0) is 6.42 Å². The van der Waals surface area contributed by atoms with Crippen LogP contribution in [0.15, 0.2) is 18.2 Å². The molecule has 0 saturated carbocycles. The first-order chi connectivity index (χ1) is 9.65. The summed E-state index contributed by atoms with van der Waals surface area (Å²) in [7, 11) is 2.09. The lowest BCUT2D eigenvalue weighted by atomic mass is 10.1. The minimum absolute atomic E-state index is 0.751. The summed E-state index contributed by atoms with van der Waals surface area (Å²) < 4.78 is 25.9. The molecule has 1 heterocycles. The van der Waals surface area contributed by atoms with Crippen LogP contribution in [0, 0.1) is 11.6 Å². The van der Waals surface area contributed by atoms with Crippen LogP contribution >= 0.6 is 0 Å². The number of likely N-dealkylation sites (tertiary alicyclic amines) is 1. The number of rotatable bonds is 6. The van der Waals surface area contributed by atoms with Gasteiger partial charge in [0.1, 0.15) is 0 Å². The molecule has 1 aromatic carbocycles. The van der Waals surface area contributed by atoms with E-state index in [9.17, 15) is 8.78 Å². The van der Waals surface area contributed by atoms with Crippen molar-refractivity contribution in [3.63, 3.8) is 0 Å². The van der Waals surface area contributed by atoms with E-state index in [0.29, 0.717) is 0 Å². The van der Waals surface area contributed by atoms with Crippen molar-refractivity contribution >= 4 is 0 Å². The topological polar surface area (TPSA) is 6.48 Å². The van der Waals surface area contributed by atoms with Gasteiger partial charge in [0.25, 0.3) is 0 Å². The van der Waals surface area contributed by atoms with Gasteiger partial charge >= 0.3 is 0 Å². The molecule has 1 aliphatic rings. The molecule has 0 bridgehead atoms. The second-order valence-electron chi connectivity index (χ2n) is 5.70. The monoisotopic (exact) mass is 282 g/mol. The van der Waals surface area contributed by atoms with Gasteiger partial charge in [-0.15, -0.1) is 0 Å². The summed E-state index contributed by atoms with van der Waals surface area (Å²) >= 11 is 0. The number of piperidine rings is 1. The Morgan fingerprint density at radius 3 is 2.50 bits per heavy atom. The zero-order valence-electron chi connectivity index (χ0n) is 12.2. The van der Waals surface area contributed by atoms with E-state index in [-0.39, 0.29) is 0 Å². The molecule has 0 radical (unpaired) electrons. The molecule has 0 N–H and O–H groups in total. The summed E-state index contributed by atoms with van der Waals surface area (Å²) in [5.41, 5.74) is 0.855. The zero-order valence-corrected chi connectivity index (χ0v) is 12.2. The quantitative estimate of drug-likeness (QED) is 0.791. The third-order valence-electron chi connectivity index (χ3n) is 4.01. The molecular weight excluding hydrogens is 258 g/mol. The lowest BCUT2D eigenvalue weighted by Gasteiger charge is -2.28. The van der Waals surface area contributed by atoms with Crippen molar-refractivity contribution in [2.75, 3.05) is 39.8 Å². The lowest BCUT2D eigenvalue weighted by molar-refractivity contribution is 0.197. The largest absolute Gasteiger partial charge is 0.305 e. The van der Waals surface area contributed by atoms with Crippen molar-refractivity contribution in [2.24, 2.45) is 0 Å². The fourth-order valence-corrected chi connectivity index (χ4v) is 2.62. The maximum Gasteiger partial charge on any atom is 0.159 e. The summed E-state index contributed by atoms with van der Waals surface area (Å²) in [4.78, 5) is 4.77. The van der Waals surface area contributed by atoms with Crippen molar-refractivity contribution in [2.45, 2.75) is 25.7 Å². The number of hydrogen-bond acceptors (Lipinski definition) is 2. The molecule has 1 aliphatic heterocycles. The maximum absolute atomic E-state index is 13.1. The molecule has 1 fully saturated rings. The average Bonchev–Trinajstić information content (AvgIpc) is 2.47. The van der Waals surface area contributed by atoms with E-state index in [2.05, 4.69) is 16.8 Å². The van der Waals surface area contributed by atoms with Crippen LogP contribution in [0.2, 0.25) is 0 Å². The third-order valence-corrected chi connectivity index (χ3v) is 4.01. The van der Waals surface area contributed by atoms with Gasteiger partial charge in [0, 0.05) is 19.6 Å². The molecule has 1 aromatic rings. The molecule has 0 amide bonds. The number of halogens is 2. The lowest BCUT2D eigenvalue weighted by Crippen LogP contribution is -2.37. The first-order valence-corrected chi connectivity index (χ1v) is 7.50. The molecule has 2 rings (SSSR count). The maximum atomic E-state index is 13.1. The van der Waals surface area contributed by atoms with E-state index in [1.807, 2.05) is 0 Å². The first-order valence-electron chi connectivity index (χ1n) is 7.50. The third kappa shape index (κ3) is 4.84. The summed E-state index contributed by atoms with van der Waals surface area (Å²) in [6, 6.07) is 4.17. The van der Waals surface area contributed by atoms with Gasteiger partial charge in [0.2, 0.25) is 0 Å². The fraction of sp³-hybridized carbons (Fsp3) is 0.625. The van der Waals surface area contributed by atoms with E-state index in [4.69, 9.17) is 0 Å². The molecule has 112 valence electrons. The van der Waals surface area contributed by atoms with Crippen molar-refractivity contribution in [1.29, 1.82) is 0 Å². The second-order valence-corrected chi connectivity index (χ2v) is 5.70. The van der Waals surface area contributed by atoms with Gasteiger partial charge in [-0.05, 0) is 57.1 Å². The van der Waals surface area contributed by atoms with Gasteiger partial charge in [-0.3, -0.25) is 0 Å². The van der Waals surface area contributed by atoms with E-state index < -0.39 is 11.6 Å². The van der Waals surface area contributed by atoms with Crippen molar-refractivity contribution in [1.82, 2.24) is 9.80 Å². The molecule has 20 heavy (non-hydrogen) atoms. The summed E-state index contributed by atoms with van der Waals surface area (Å²) in [6.45, 7) is 5.45. The minimum Gasteiger partial charge on any atom is -0.305 e. The predicted molar refractivity (Wildman–Crippen MR) is 77.9 cm³/mol. The van der Waals surface area contributed by atoms with Crippen LogP contribution < -0.4 is 0 Å². The molecule has 1 saturated heterocycles. The van der Waals surface area contributed by atoms with Crippen molar-refractivity contribution < 1.29 is 8.78 Å². The highest BCUT2D eigenvalue weighted by molar-refractivity contribution is 5.18. The Morgan fingerprint density at radius 2 is 1.80 bits per heavy atom.